The molecule has 5 nitrogen and oxygen atoms in total. The number of nitrogens with zero attached hydrogens (tertiary/aromatic N) is 1. The van der Waals surface area contributed by atoms with Gasteiger partial charge < -0.3 is 9.84 Å². The highest BCUT2D eigenvalue weighted by molar-refractivity contribution is 6.51. The summed E-state index contributed by atoms with van der Waals surface area (Å²) in [4.78, 5) is 27.1. The van der Waals surface area contributed by atoms with Gasteiger partial charge in [0.05, 0.1) is 18.2 Å². The SMILES string of the molecule is CCOc1cccc(/C(O)=C2/C(=O)C(=O)N(c3ccc(F)cc3)C2c2ccccc2F)c1. The molecule has 0 bridgehead atoms. The summed E-state index contributed by atoms with van der Waals surface area (Å²) in [6.07, 6.45) is 0. The molecule has 1 heterocycles. The van der Waals surface area contributed by atoms with E-state index in [0.717, 1.165) is 17.0 Å². The second kappa shape index (κ2) is 8.63. The molecule has 7 heteroatoms. The largest absolute Gasteiger partial charge is 0.507 e. The van der Waals surface area contributed by atoms with Gasteiger partial charge in [-0.05, 0) is 49.4 Å². The number of aliphatic hydroxyl groups is 1. The quantitative estimate of drug-likeness (QED) is 0.348. The fourth-order valence-electron chi connectivity index (χ4n) is 3.75. The van der Waals surface area contributed by atoms with Crippen LogP contribution in [0, 0.1) is 11.6 Å². The lowest BCUT2D eigenvalue weighted by atomic mass is 9.94. The van der Waals surface area contributed by atoms with E-state index in [4.69, 9.17) is 4.74 Å². The lowest BCUT2D eigenvalue weighted by Gasteiger charge is -2.25. The number of Topliss-reactive ketones (excluding diaryl/α,β-unsaturated/α-hetero) is 1. The van der Waals surface area contributed by atoms with Crippen molar-refractivity contribution in [3.8, 4) is 5.75 Å². The molecule has 1 fully saturated rings. The van der Waals surface area contributed by atoms with Crippen LogP contribution >= 0.6 is 0 Å². The molecule has 1 aliphatic heterocycles. The van der Waals surface area contributed by atoms with Gasteiger partial charge in [0.1, 0.15) is 23.1 Å². The van der Waals surface area contributed by atoms with Crippen LogP contribution in [0.2, 0.25) is 0 Å². The van der Waals surface area contributed by atoms with E-state index in [1.807, 2.05) is 0 Å². The van der Waals surface area contributed by atoms with Crippen LogP contribution in [0.25, 0.3) is 5.76 Å². The van der Waals surface area contributed by atoms with Crippen LogP contribution in [0.15, 0.2) is 78.4 Å². The van der Waals surface area contributed by atoms with Gasteiger partial charge in [-0.3, -0.25) is 14.5 Å². The first-order valence-corrected chi connectivity index (χ1v) is 9.96. The molecule has 0 saturated carbocycles. The van der Waals surface area contributed by atoms with Gasteiger partial charge in [0, 0.05) is 16.8 Å². The molecule has 1 unspecified atom stereocenters. The Morgan fingerprint density at radius 3 is 2.41 bits per heavy atom. The van der Waals surface area contributed by atoms with E-state index in [0.29, 0.717) is 12.4 Å². The van der Waals surface area contributed by atoms with Crippen molar-refractivity contribution in [1.82, 2.24) is 0 Å². The normalized spacial score (nSPS) is 17.6. The smallest absolute Gasteiger partial charge is 0.300 e. The molecule has 1 saturated heterocycles. The zero-order valence-electron chi connectivity index (χ0n) is 17.1. The van der Waals surface area contributed by atoms with Gasteiger partial charge in [0.15, 0.2) is 0 Å². The summed E-state index contributed by atoms with van der Waals surface area (Å²) < 4.78 is 33.7. The summed E-state index contributed by atoms with van der Waals surface area (Å²) in [5.41, 5.74) is 0.204. The Balaban J connectivity index is 1.94. The van der Waals surface area contributed by atoms with Crippen molar-refractivity contribution < 1.29 is 28.2 Å². The number of ketones is 1. The van der Waals surface area contributed by atoms with Gasteiger partial charge in [-0.25, -0.2) is 8.78 Å². The Bertz CT molecular complexity index is 1220. The predicted molar refractivity (Wildman–Crippen MR) is 115 cm³/mol. The number of carbonyl (C=O) groups excluding carboxylic acids is 2. The number of aliphatic hydroxyl groups excluding tert-OH is 1. The number of halogens is 2. The van der Waals surface area contributed by atoms with Crippen molar-refractivity contribution in [3.05, 3.63) is 101 Å². The zero-order valence-corrected chi connectivity index (χ0v) is 17.1. The van der Waals surface area contributed by atoms with Gasteiger partial charge in [-0.1, -0.05) is 30.3 Å². The number of ether oxygens (including phenoxy) is 1. The molecule has 4 rings (SSSR count). The molecule has 0 aromatic heterocycles. The van der Waals surface area contributed by atoms with Crippen LogP contribution in [-0.2, 0) is 9.59 Å². The van der Waals surface area contributed by atoms with E-state index in [1.54, 1.807) is 31.2 Å². The standard InChI is InChI=1S/C25H19F2NO4/c1-2-32-18-7-5-6-15(14-18)23(29)21-22(19-8-3-4-9-20(19)27)28(25(31)24(21)30)17-12-10-16(26)11-13-17/h3-14,22,29H,2H2,1H3/b23-21-. The molecule has 0 spiro atoms. The first-order valence-electron chi connectivity index (χ1n) is 9.96. The second-order valence-electron chi connectivity index (χ2n) is 7.13. The number of amides is 1. The summed E-state index contributed by atoms with van der Waals surface area (Å²) in [5.74, 6) is -3.09. The third kappa shape index (κ3) is 3.73. The molecule has 1 N–H and O–H groups in total. The van der Waals surface area contributed by atoms with Crippen LogP contribution in [0.4, 0.5) is 14.5 Å². The Morgan fingerprint density at radius 1 is 1.00 bits per heavy atom. The van der Waals surface area contributed by atoms with Gasteiger partial charge in [-0.2, -0.15) is 0 Å². The molecule has 1 amide bonds. The van der Waals surface area contributed by atoms with Crippen LogP contribution < -0.4 is 9.64 Å². The van der Waals surface area contributed by atoms with Crippen molar-refractivity contribution in [2.45, 2.75) is 13.0 Å². The second-order valence-corrected chi connectivity index (χ2v) is 7.13. The molecule has 162 valence electrons. The first kappa shape index (κ1) is 21.2. The molecule has 32 heavy (non-hydrogen) atoms. The molecule has 3 aromatic carbocycles. The Hall–Kier alpha value is -4.00. The van der Waals surface area contributed by atoms with Gasteiger partial charge >= 0.3 is 0 Å². The summed E-state index contributed by atoms with van der Waals surface area (Å²) in [6.45, 7) is 2.20. The molecule has 3 aromatic rings. The molecule has 1 aliphatic rings. The average Bonchev–Trinajstić information content (AvgIpc) is 3.05. The maximum absolute atomic E-state index is 14.8. The van der Waals surface area contributed by atoms with E-state index >= 15 is 0 Å². The van der Waals surface area contributed by atoms with Crippen LogP contribution in [0.3, 0.4) is 0 Å². The van der Waals surface area contributed by atoms with Crippen molar-refractivity contribution in [1.29, 1.82) is 0 Å². The van der Waals surface area contributed by atoms with Crippen LogP contribution in [-0.4, -0.2) is 23.4 Å². The Morgan fingerprint density at radius 2 is 1.72 bits per heavy atom. The van der Waals surface area contributed by atoms with E-state index in [1.165, 1.54) is 36.4 Å². The summed E-state index contributed by atoms with van der Waals surface area (Å²) in [5, 5.41) is 11.1. The molecule has 0 aliphatic carbocycles. The molecular formula is C25H19F2NO4. The highest BCUT2D eigenvalue weighted by atomic mass is 19.1. The Kier molecular flexibility index (Phi) is 5.73. The van der Waals surface area contributed by atoms with Gasteiger partial charge in [0.2, 0.25) is 0 Å². The number of benzene rings is 3. The lowest BCUT2D eigenvalue weighted by molar-refractivity contribution is -0.132. The molecular weight excluding hydrogens is 416 g/mol. The third-order valence-electron chi connectivity index (χ3n) is 5.17. The van der Waals surface area contributed by atoms with Gasteiger partial charge in [-0.15, -0.1) is 0 Å². The van der Waals surface area contributed by atoms with E-state index < -0.39 is 35.1 Å². The van der Waals surface area contributed by atoms with E-state index in [2.05, 4.69) is 0 Å². The fraction of sp³-hybridized carbons (Fsp3) is 0.120. The number of hydrogen-bond acceptors (Lipinski definition) is 4. The summed E-state index contributed by atoms with van der Waals surface area (Å²) in [6, 6.07) is 15.8. The lowest BCUT2D eigenvalue weighted by Crippen LogP contribution is -2.29. The number of rotatable bonds is 5. The molecule has 0 radical (unpaired) electrons. The van der Waals surface area contributed by atoms with E-state index in [9.17, 15) is 23.5 Å². The van der Waals surface area contributed by atoms with Crippen molar-refractivity contribution >= 4 is 23.1 Å². The van der Waals surface area contributed by atoms with Crippen molar-refractivity contribution in [2.75, 3.05) is 11.5 Å². The third-order valence-corrected chi connectivity index (χ3v) is 5.17. The maximum atomic E-state index is 14.8. The summed E-state index contributed by atoms with van der Waals surface area (Å²) in [7, 11) is 0. The minimum atomic E-state index is -1.24. The fourth-order valence-corrected chi connectivity index (χ4v) is 3.75. The molecule has 1 atom stereocenters. The maximum Gasteiger partial charge on any atom is 0.300 e. The number of anilines is 1. The highest BCUT2D eigenvalue weighted by Crippen LogP contribution is 2.43. The first-order chi connectivity index (χ1) is 15.4. The summed E-state index contributed by atoms with van der Waals surface area (Å²) >= 11 is 0. The Labute approximate surface area is 183 Å². The highest BCUT2D eigenvalue weighted by Gasteiger charge is 2.47. The zero-order chi connectivity index (χ0) is 22.8. The minimum Gasteiger partial charge on any atom is -0.507 e. The van der Waals surface area contributed by atoms with Gasteiger partial charge in [0.25, 0.3) is 11.7 Å². The van der Waals surface area contributed by atoms with Crippen molar-refractivity contribution in [3.63, 3.8) is 0 Å². The topological polar surface area (TPSA) is 66.8 Å². The number of carbonyl (C=O) groups is 2. The van der Waals surface area contributed by atoms with Crippen LogP contribution in [0.5, 0.6) is 5.75 Å². The predicted octanol–water partition coefficient (Wildman–Crippen LogP) is 4.99. The number of hydrogen-bond donors (Lipinski definition) is 1. The average molecular weight is 435 g/mol. The van der Waals surface area contributed by atoms with Crippen LogP contribution in [0.1, 0.15) is 24.1 Å². The van der Waals surface area contributed by atoms with E-state index in [-0.39, 0.29) is 22.4 Å². The van der Waals surface area contributed by atoms with Crippen molar-refractivity contribution in [2.24, 2.45) is 0 Å². The minimum absolute atomic E-state index is 0.0264. The monoisotopic (exact) mass is 435 g/mol.